The van der Waals surface area contributed by atoms with Crippen LogP contribution in [0, 0.1) is 5.21 Å². The average molecular weight is 339 g/mol. The van der Waals surface area contributed by atoms with Crippen molar-refractivity contribution in [3.63, 3.8) is 0 Å². The molecule has 3 aromatic rings. The molecule has 1 N–H and O–H groups in total. The first-order chi connectivity index (χ1) is 11.6. The van der Waals surface area contributed by atoms with Crippen molar-refractivity contribution >= 4 is 17.5 Å². The molecular formula is C19H15ClN2O2. The van der Waals surface area contributed by atoms with Gasteiger partial charge in [0.1, 0.15) is 5.56 Å². The van der Waals surface area contributed by atoms with Gasteiger partial charge >= 0.3 is 0 Å². The Balaban J connectivity index is 1.93. The van der Waals surface area contributed by atoms with E-state index in [-0.39, 0.29) is 11.9 Å². The van der Waals surface area contributed by atoms with Crippen molar-refractivity contribution in [2.24, 2.45) is 0 Å². The Morgan fingerprint density at radius 3 is 2.29 bits per heavy atom. The van der Waals surface area contributed by atoms with Gasteiger partial charge in [-0.3, -0.25) is 4.79 Å². The van der Waals surface area contributed by atoms with Gasteiger partial charge in [0, 0.05) is 11.1 Å². The van der Waals surface area contributed by atoms with E-state index in [0.29, 0.717) is 15.3 Å². The molecule has 1 aromatic heterocycles. The Morgan fingerprint density at radius 2 is 1.62 bits per heavy atom. The summed E-state index contributed by atoms with van der Waals surface area (Å²) in [5.41, 5.74) is 2.16. The fourth-order valence-corrected chi connectivity index (χ4v) is 2.59. The lowest BCUT2D eigenvalue weighted by molar-refractivity contribution is -0.605. The van der Waals surface area contributed by atoms with Crippen molar-refractivity contribution in [3.05, 3.63) is 106 Å². The minimum Gasteiger partial charge on any atom is -0.619 e. The Kier molecular flexibility index (Phi) is 4.77. The molecule has 0 aliphatic heterocycles. The first-order valence-electron chi connectivity index (χ1n) is 7.43. The Morgan fingerprint density at radius 1 is 0.958 bits per heavy atom. The van der Waals surface area contributed by atoms with Gasteiger partial charge in [-0.15, -0.1) is 0 Å². The molecule has 1 atom stereocenters. The third kappa shape index (κ3) is 3.73. The van der Waals surface area contributed by atoms with E-state index in [0.717, 1.165) is 11.1 Å². The first kappa shape index (κ1) is 16.0. The smallest absolute Gasteiger partial charge is 0.258 e. The van der Waals surface area contributed by atoms with Gasteiger partial charge in [-0.05, 0) is 29.3 Å². The lowest BCUT2D eigenvalue weighted by Gasteiger charge is -2.20. The third-order valence-corrected chi connectivity index (χ3v) is 3.90. The highest BCUT2D eigenvalue weighted by molar-refractivity contribution is 6.30. The zero-order valence-electron chi connectivity index (χ0n) is 12.7. The lowest BCUT2D eigenvalue weighted by Crippen LogP contribution is -2.32. The fraction of sp³-hybridized carbons (Fsp3) is 0.0526. The Labute approximate surface area is 144 Å². The number of pyridine rings is 1. The second-order valence-corrected chi connectivity index (χ2v) is 5.76. The van der Waals surface area contributed by atoms with Crippen molar-refractivity contribution in [2.45, 2.75) is 6.04 Å². The predicted octanol–water partition coefficient (Wildman–Crippen LogP) is 3.49. The molecule has 2 aromatic carbocycles. The molecule has 0 aliphatic carbocycles. The fourth-order valence-electron chi connectivity index (χ4n) is 2.46. The summed E-state index contributed by atoms with van der Waals surface area (Å²) in [5.74, 6) is -0.316. The maximum absolute atomic E-state index is 12.5. The van der Waals surface area contributed by atoms with Crippen molar-refractivity contribution in [3.8, 4) is 0 Å². The molecule has 5 heteroatoms. The lowest BCUT2D eigenvalue weighted by atomic mass is 9.98. The summed E-state index contributed by atoms with van der Waals surface area (Å²) in [6.07, 6.45) is 2.59. The van der Waals surface area contributed by atoms with Crippen LogP contribution in [0.5, 0.6) is 0 Å². The molecule has 24 heavy (non-hydrogen) atoms. The number of nitrogens with zero attached hydrogens (tertiary/aromatic N) is 1. The number of benzene rings is 2. The molecule has 4 nitrogen and oxygen atoms in total. The molecule has 1 amide bonds. The number of hydrogen-bond acceptors (Lipinski definition) is 2. The third-order valence-electron chi connectivity index (χ3n) is 3.65. The molecule has 0 radical (unpaired) electrons. The van der Waals surface area contributed by atoms with Crippen LogP contribution in [0.3, 0.4) is 0 Å². The summed E-state index contributed by atoms with van der Waals surface area (Å²) >= 11 is 5.96. The van der Waals surface area contributed by atoms with E-state index >= 15 is 0 Å². The molecular weight excluding hydrogens is 324 g/mol. The maximum atomic E-state index is 12.5. The van der Waals surface area contributed by atoms with Crippen molar-refractivity contribution < 1.29 is 9.52 Å². The summed E-state index contributed by atoms with van der Waals surface area (Å²) in [6.45, 7) is 0. The van der Waals surface area contributed by atoms with Gasteiger partial charge in [0.05, 0.1) is 6.04 Å². The summed E-state index contributed by atoms with van der Waals surface area (Å²) < 4.78 is 0.606. The van der Waals surface area contributed by atoms with Crippen LogP contribution in [0.4, 0.5) is 0 Å². The van der Waals surface area contributed by atoms with Crippen LogP contribution in [0.1, 0.15) is 27.5 Å². The van der Waals surface area contributed by atoms with Crippen molar-refractivity contribution in [1.82, 2.24) is 5.32 Å². The van der Waals surface area contributed by atoms with Gasteiger partial charge in [-0.1, -0.05) is 54.1 Å². The molecule has 0 fully saturated rings. The molecule has 120 valence electrons. The van der Waals surface area contributed by atoms with Crippen LogP contribution in [0.25, 0.3) is 0 Å². The van der Waals surface area contributed by atoms with E-state index in [2.05, 4.69) is 5.32 Å². The minimum absolute atomic E-state index is 0.308. The topological polar surface area (TPSA) is 56.0 Å². The van der Waals surface area contributed by atoms with Crippen LogP contribution < -0.4 is 10.0 Å². The van der Waals surface area contributed by atoms with Gasteiger partial charge in [-0.25, -0.2) is 0 Å². The molecule has 3 rings (SSSR count). The first-order valence-corrected chi connectivity index (χ1v) is 7.81. The summed E-state index contributed by atoms with van der Waals surface area (Å²) in [6, 6.07) is 19.8. The highest BCUT2D eigenvalue weighted by Crippen LogP contribution is 2.24. The van der Waals surface area contributed by atoms with Crippen LogP contribution in [-0.4, -0.2) is 5.91 Å². The number of hydrogen-bond donors (Lipinski definition) is 1. The normalized spacial score (nSPS) is 11.7. The second kappa shape index (κ2) is 7.15. The molecule has 0 aliphatic rings. The molecule has 0 bridgehead atoms. The quantitative estimate of drug-likeness (QED) is 0.584. The zero-order chi connectivity index (χ0) is 16.9. The second-order valence-electron chi connectivity index (χ2n) is 5.32. The molecule has 1 unspecified atom stereocenters. The van der Waals surface area contributed by atoms with E-state index in [1.165, 1.54) is 12.4 Å². The van der Waals surface area contributed by atoms with E-state index < -0.39 is 0 Å². The molecule has 0 saturated carbocycles. The molecule has 0 saturated heterocycles. The Bertz CT molecular complexity index is 836. The van der Waals surface area contributed by atoms with Crippen LogP contribution in [0.2, 0.25) is 5.02 Å². The summed E-state index contributed by atoms with van der Waals surface area (Å²) in [7, 11) is 0. The van der Waals surface area contributed by atoms with Crippen LogP contribution >= 0.6 is 11.6 Å². The number of carbonyl (C=O) groups excluding carboxylic acids is 1. The highest BCUT2D eigenvalue weighted by atomic mass is 35.5. The van der Waals surface area contributed by atoms with Gasteiger partial charge in [0.2, 0.25) is 0 Å². The number of amides is 1. The molecule has 1 heterocycles. The van der Waals surface area contributed by atoms with Gasteiger partial charge in [0.15, 0.2) is 12.4 Å². The maximum Gasteiger partial charge on any atom is 0.258 e. The van der Waals surface area contributed by atoms with Gasteiger partial charge in [0.25, 0.3) is 5.91 Å². The average Bonchev–Trinajstić information content (AvgIpc) is 2.61. The van der Waals surface area contributed by atoms with Crippen LogP contribution in [-0.2, 0) is 0 Å². The zero-order valence-corrected chi connectivity index (χ0v) is 13.5. The van der Waals surface area contributed by atoms with Crippen molar-refractivity contribution in [1.29, 1.82) is 0 Å². The van der Waals surface area contributed by atoms with E-state index in [9.17, 15) is 10.0 Å². The Hall–Kier alpha value is -2.85. The number of halogens is 1. The number of aromatic nitrogens is 1. The largest absolute Gasteiger partial charge is 0.619 e. The predicted molar refractivity (Wildman–Crippen MR) is 92.6 cm³/mol. The van der Waals surface area contributed by atoms with E-state index in [4.69, 9.17) is 11.6 Å². The number of carbonyl (C=O) groups is 1. The number of nitrogens with one attached hydrogen (secondary N) is 1. The number of rotatable bonds is 4. The van der Waals surface area contributed by atoms with Gasteiger partial charge in [-0.2, -0.15) is 4.73 Å². The van der Waals surface area contributed by atoms with E-state index in [1.54, 1.807) is 24.3 Å². The standard InChI is InChI=1S/C19H15ClN2O2/c20-17-10-8-15(9-11-17)18(14-5-2-1-3-6-14)21-19(23)16-7-4-12-22(24)13-16/h1-13,18H,(H,21,23). The minimum atomic E-state index is -0.337. The highest BCUT2D eigenvalue weighted by Gasteiger charge is 2.18. The van der Waals surface area contributed by atoms with Gasteiger partial charge < -0.3 is 10.5 Å². The SMILES string of the molecule is O=C(NC(c1ccccc1)c1ccc(Cl)cc1)c1ccc[n+]([O-])c1. The summed E-state index contributed by atoms with van der Waals surface area (Å²) in [5, 5.41) is 15.0. The monoisotopic (exact) mass is 338 g/mol. The summed E-state index contributed by atoms with van der Waals surface area (Å²) in [4.78, 5) is 12.5. The van der Waals surface area contributed by atoms with Crippen molar-refractivity contribution in [2.75, 3.05) is 0 Å². The van der Waals surface area contributed by atoms with E-state index in [1.807, 2.05) is 42.5 Å². The van der Waals surface area contributed by atoms with Crippen LogP contribution in [0.15, 0.2) is 79.1 Å². The molecule has 0 spiro atoms.